The van der Waals surface area contributed by atoms with Crippen LogP contribution in [0.25, 0.3) is 0 Å². The second-order valence-electron chi connectivity index (χ2n) is 2.14. The summed E-state index contributed by atoms with van der Waals surface area (Å²) in [5.74, 6) is 0. The van der Waals surface area contributed by atoms with Gasteiger partial charge in [0.05, 0.1) is 18.2 Å². The summed E-state index contributed by atoms with van der Waals surface area (Å²) in [6.45, 7) is 0. The van der Waals surface area contributed by atoms with Gasteiger partial charge in [0.1, 0.15) is 6.08 Å². The average molecular weight is 120 g/mol. The van der Waals surface area contributed by atoms with Crippen LogP contribution in [0.3, 0.4) is 0 Å². The Morgan fingerprint density at radius 3 is 2.44 bits per heavy atom. The highest BCUT2D eigenvalue weighted by atomic mass is 15.1. The summed E-state index contributed by atoms with van der Waals surface area (Å²) >= 11 is 0. The van der Waals surface area contributed by atoms with Gasteiger partial charge in [-0.1, -0.05) is 0 Å². The maximum atomic E-state index is 3.09. The van der Waals surface area contributed by atoms with Crippen LogP contribution in [0.2, 0.25) is 0 Å². The molecule has 1 nitrogen and oxygen atoms in total. The predicted octanol–water partition coefficient (Wildman–Crippen LogP) is 1.36. The maximum absolute atomic E-state index is 3.09. The summed E-state index contributed by atoms with van der Waals surface area (Å²) in [6.07, 6.45) is 11.0. The Morgan fingerprint density at radius 1 is 1.33 bits per heavy atom. The summed E-state index contributed by atoms with van der Waals surface area (Å²) in [7, 11) is 4.01. The first kappa shape index (κ1) is 6.06. The van der Waals surface area contributed by atoms with E-state index < -0.39 is 0 Å². The highest BCUT2D eigenvalue weighted by Crippen LogP contribution is 2.03. The second kappa shape index (κ2) is 2.47. The molecule has 0 unspecified atom stereocenters. The molecule has 1 aliphatic rings. The lowest BCUT2D eigenvalue weighted by Gasteiger charge is -2.06. The fourth-order valence-electron chi connectivity index (χ4n) is 0.662. The second-order valence-corrected chi connectivity index (χ2v) is 2.14. The molecule has 0 aliphatic heterocycles. The lowest BCUT2D eigenvalue weighted by atomic mass is 10.2. The Hall–Kier alpha value is -1.07. The topological polar surface area (TPSA) is 3.24 Å². The summed E-state index contributed by atoms with van der Waals surface area (Å²) in [6, 6.07) is 0. The third-order valence-electron chi connectivity index (χ3n) is 1.17. The van der Waals surface area contributed by atoms with Crippen LogP contribution < -0.4 is 0 Å². The van der Waals surface area contributed by atoms with Crippen molar-refractivity contribution in [3.8, 4) is 0 Å². The molecule has 0 spiro atoms. The Kier molecular flexibility index (Phi) is 1.66. The van der Waals surface area contributed by atoms with Gasteiger partial charge in [-0.25, -0.2) is 0 Å². The van der Waals surface area contributed by atoms with E-state index in [9.17, 15) is 0 Å². The van der Waals surface area contributed by atoms with Crippen molar-refractivity contribution < 1.29 is 0 Å². The van der Waals surface area contributed by atoms with E-state index in [1.165, 1.54) is 0 Å². The molecule has 0 saturated carbocycles. The molecule has 0 aromatic rings. The molecule has 0 radical (unpaired) electrons. The molecule has 1 heteroatoms. The molecule has 0 fully saturated rings. The van der Waals surface area contributed by atoms with Gasteiger partial charge in [0, 0.05) is 20.2 Å². The number of hydrogen-bond donors (Lipinski definition) is 0. The van der Waals surface area contributed by atoms with Crippen LogP contribution in [-0.4, -0.2) is 19.0 Å². The van der Waals surface area contributed by atoms with Gasteiger partial charge in [-0.3, -0.25) is 0 Å². The Bertz CT molecular complexity index is 173. The van der Waals surface area contributed by atoms with E-state index in [1.54, 1.807) is 0 Å². The van der Waals surface area contributed by atoms with E-state index in [4.69, 9.17) is 0 Å². The van der Waals surface area contributed by atoms with Crippen LogP contribution in [0, 0.1) is 6.08 Å². The molecule has 0 saturated heterocycles. The fourth-order valence-corrected chi connectivity index (χ4v) is 0.662. The van der Waals surface area contributed by atoms with Gasteiger partial charge in [-0.15, -0.1) is 0 Å². The first-order valence-electron chi connectivity index (χ1n) is 2.95. The zero-order chi connectivity index (χ0) is 6.69. The molecule has 0 bridgehead atoms. The van der Waals surface area contributed by atoms with Crippen molar-refractivity contribution >= 4 is 0 Å². The quantitative estimate of drug-likeness (QED) is 0.472. The summed E-state index contributed by atoms with van der Waals surface area (Å²) < 4.78 is 0. The third kappa shape index (κ3) is 1.41. The van der Waals surface area contributed by atoms with Gasteiger partial charge in [0.15, 0.2) is 0 Å². The standard InChI is InChI=1S/C8H10N/c1-9(2)8-6-4-3-5-7-8/h3-6H,1-2H3/q+1. The van der Waals surface area contributed by atoms with Crippen molar-refractivity contribution in [2.45, 2.75) is 0 Å². The van der Waals surface area contributed by atoms with Crippen molar-refractivity contribution in [3.63, 3.8) is 0 Å². The van der Waals surface area contributed by atoms with Gasteiger partial charge in [0.2, 0.25) is 5.70 Å². The minimum Gasteiger partial charge on any atom is -0.349 e. The van der Waals surface area contributed by atoms with E-state index in [2.05, 4.69) is 6.08 Å². The number of allylic oxidation sites excluding steroid dienone is 5. The largest absolute Gasteiger partial charge is 0.349 e. The zero-order valence-corrected chi connectivity index (χ0v) is 5.76. The number of likely N-dealkylation sites (N-methyl/N-ethyl adjacent to an activating group) is 1. The van der Waals surface area contributed by atoms with Gasteiger partial charge in [0.25, 0.3) is 0 Å². The smallest absolute Gasteiger partial charge is 0.205 e. The van der Waals surface area contributed by atoms with Crippen LogP contribution in [0.5, 0.6) is 0 Å². The Morgan fingerprint density at radius 2 is 2.11 bits per heavy atom. The normalized spacial score (nSPS) is 14.7. The minimum atomic E-state index is 1.12. The van der Waals surface area contributed by atoms with Crippen molar-refractivity contribution in [2.75, 3.05) is 14.1 Å². The molecular formula is C8H10N+. The zero-order valence-electron chi connectivity index (χ0n) is 5.76. The summed E-state index contributed by atoms with van der Waals surface area (Å²) in [4.78, 5) is 2.03. The highest BCUT2D eigenvalue weighted by molar-refractivity contribution is 5.26. The molecule has 0 heterocycles. The van der Waals surface area contributed by atoms with Crippen LogP contribution in [0.1, 0.15) is 0 Å². The van der Waals surface area contributed by atoms with E-state index in [-0.39, 0.29) is 0 Å². The van der Waals surface area contributed by atoms with Crippen molar-refractivity contribution in [3.05, 3.63) is 36.1 Å². The molecule has 1 aliphatic carbocycles. The minimum absolute atomic E-state index is 1.12. The first-order chi connectivity index (χ1) is 4.30. The Labute approximate surface area is 56.0 Å². The first-order valence-corrected chi connectivity index (χ1v) is 2.95. The molecule has 0 amide bonds. The molecule has 9 heavy (non-hydrogen) atoms. The monoisotopic (exact) mass is 120 g/mol. The number of nitrogens with zero attached hydrogens (tertiary/aromatic N) is 1. The van der Waals surface area contributed by atoms with Gasteiger partial charge < -0.3 is 4.90 Å². The van der Waals surface area contributed by atoms with E-state index in [1.807, 2.05) is 43.3 Å². The predicted molar refractivity (Wildman–Crippen MR) is 38.7 cm³/mol. The van der Waals surface area contributed by atoms with Crippen molar-refractivity contribution in [2.24, 2.45) is 0 Å². The third-order valence-corrected chi connectivity index (χ3v) is 1.17. The lowest BCUT2D eigenvalue weighted by Crippen LogP contribution is -2.09. The molecule has 46 valence electrons. The number of rotatable bonds is 1. The highest BCUT2D eigenvalue weighted by Gasteiger charge is 2.03. The maximum Gasteiger partial charge on any atom is 0.205 e. The molecule has 0 atom stereocenters. The van der Waals surface area contributed by atoms with Crippen LogP contribution >= 0.6 is 0 Å². The van der Waals surface area contributed by atoms with Gasteiger partial charge >= 0.3 is 0 Å². The van der Waals surface area contributed by atoms with Gasteiger partial charge in [-0.2, -0.15) is 0 Å². The molecule has 0 N–H and O–H groups in total. The van der Waals surface area contributed by atoms with Gasteiger partial charge in [-0.05, 0) is 0 Å². The Balaban J connectivity index is 2.72. The summed E-state index contributed by atoms with van der Waals surface area (Å²) in [5.41, 5.74) is 1.12. The van der Waals surface area contributed by atoms with Crippen LogP contribution in [0.15, 0.2) is 30.0 Å². The van der Waals surface area contributed by atoms with E-state index in [0.717, 1.165) is 5.70 Å². The molecular weight excluding hydrogens is 110 g/mol. The molecule has 0 aromatic carbocycles. The van der Waals surface area contributed by atoms with Crippen molar-refractivity contribution in [1.82, 2.24) is 4.90 Å². The number of hydrogen-bond acceptors (Lipinski definition) is 1. The fraction of sp³-hybridized carbons (Fsp3) is 0.250. The molecule has 0 aromatic heterocycles. The SMILES string of the molecule is CN(C)C1=CC=CC=[C+]1. The van der Waals surface area contributed by atoms with Crippen LogP contribution in [0.4, 0.5) is 0 Å². The average Bonchev–Trinajstić information content (AvgIpc) is 1.90. The van der Waals surface area contributed by atoms with Crippen LogP contribution in [-0.2, 0) is 0 Å². The van der Waals surface area contributed by atoms with Crippen molar-refractivity contribution in [1.29, 1.82) is 0 Å². The van der Waals surface area contributed by atoms with E-state index in [0.29, 0.717) is 0 Å². The molecule has 1 rings (SSSR count). The lowest BCUT2D eigenvalue weighted by molar-refractivity contribution is 0.525. The van der Waals surface area contributed by atoms with E-state index >= 15 is 0 Å². The summed E-state index contributed by atoms with van der Waals surface area (Å²) in [5, 5.41) is 0.